The van der Waals surface area contributed by atoms with Gasteiger partial charge in [0.25, 0.3) is 5.91 Å². The lowest BCUT2D eigenvalue weighted by molar-refractivity contribution is -0.129. The molecular weight excluding hydrogens is 298 g/mol. The molecule has 120 valence electrons. The predicted molar refractivity (Wildman–Crippen MR) is 86.2 cm³/mol. The summed E-state index contributed by atoms with van der Waals surface area (Å²) in [5.41, 5.74) is 1.81. The van der Waals surface area contributed by atoms with Gasteiger partial charge in [-0.05, 0) is 51.0 Å². The van der Waals surface area contributed by atoms with E-state index in [0.717, 1.165) is 37.7 Å². The quantitative estimate of drug-likeness (QED) is 0.866. The number of nitrogens with one attached hydrogen (secondary N) is 1. The molecule has 0 unspecified atom stereocenters. The number of hydrogen-bond donors (Lipinski definition) is 1. The first-order valence-corrected chi connectivity index (χ1v) is 9.13. The molecule has 1 heterocycles. The van der Waals surface area contributed by atoms with Crippen molar-refractivity contribution in [2.45, 2.75) is 70.4 Å². The molecule has 0 aromatic carbocycles. The molecule has 5 heteroatoms. The van der Waals surface area contributed by atoms with Gasteiger partial charge < -0.3 is 10.1 Å². The summed E-state index contributed by atoms with van der Waals surface area (Å²) in [6, 6.07) is 0.252. The van der Waals surface area contributed by atoms with Crippen LogP contribution in [-0.4, -0.2) is 24.0 Å². The van der Waals surface area contributed by atoms with E-state index in [2.05, 4.69) is 5.32 Å². The van der Waals surface area contributed by atoms with Gasteiger partial charge in [0.1, 0.15) is 0 Å². The fraction of sp³-hybridized carbons (Fsp3) is 0.647. The van der Waals surface area contributed by atoms with E-state index in [4.69, 9.17) is 4.74 Å². The molecule has 2 aliphatic rings. The second-order valence-corrected chi connectivity index (χ2v) is 7.26. The Kier molecular flexibility index (Phi) is 4.81. The van der Waals surface area contributed by atoms with Crippen molar-refractivity contribution >= 4 is 23.2 Å². The van der Waals surface area contributed by atoms with Crippen molar-refractivity contribution in [2.75, 3.05) is 0 Å². The number of ether oxygens (including phenoxy) is 1. The Balaban J connectivity index is 1.58. The van der Waals surface area contributed by atoms with Gasteiger partial charge in [-0.25, -0.2) is 4.79 Å². The molecule has 0 spiro atoms. The molecule has 0 aliphatic heterocycles. The molecular formula is C17H23NO3S. The zero-order valence-electron chi connectivity index (χ0n) is 13.0. The minimum absolute atomic E-state index is 0.177. The van der Waals surface area contributed by atoms with Gasteiger partial charge in [0, 0.05) is 16.3 Å². The molecule has 22 heavy (non-hydrogen) atoms. The summed E-state index contributed by atoms with van der Waals surface area (Å²) in [5, 5.41) is 4.87. The lowest BCUT2D eigenvalue weighted by Gasteiger charge is -2.18. The largest absolute Gasteiger partial charge is 0.449 e. The first-order valence-electron chi connectivity index (χ1n) is 8.25. The lowest BCUT2D eigenvalue weighted by Crippen LogP contribution is -2.40. The van der Waals surface area contributed by atoms with Crippen LogP contribution < -0.4 is 5.32 Å². The van der Waals surface area contributed by atoms with E-state index >= 15 is 0 Å². The summed E-state index contributed by atoms with van der Waals surface area (Å²) in [4.78, 5) is 25.7. The van der Waals surface area contributed by atoms with Gasteiger partial charge in [-0.3, -0.25) is 4.79 Å². The predicted octanol–water partition coefficient (Wildman–Crippen LogP) is 3.23. The second kappa shape index (κ2) is 6.82. The molecule has 1 amide bonds. The maximum atomic E-state index is 12.3. The fourth-order valence-electron chi connectivity index (χ4n) is 3.33. The summed E-state index contributed by atoms with van der Waals surface area (Å²) in [6.45, 7) is 1.65. The molecule has 1 N–H and O–H groups in total. The van der Waals surface area contributed by atoms with Gasteiger partial charge in [-0.2, -0.15) is 0 Å². The molecule has 3 rings (SSSR count). The molecule has 1 aromatic rings. The average molecular weight is 321 g/mol. The van der Waals surface area contributed by atoms with Crippen molar-refractivity contribution in [3.8, 4) is 0 Å². The maximum absolute atomic E-state index is 12.3. The van der Waals surface area contributed by atoms with Crippen molar-refractivity contribution in [3.63, 3.8) is 0 Å². The van der Waals surface area contributed by atoms with E-state index in [0.29, 0.717) is 5.56 Å². The van der Waals surface area contributed by atoms with Gasteiger partial charge in [-0.15, -0.1) is 11.3 Å². The normalized spacial score (nSPS) is 19.5. The Morgan fingerprint density at radius 1 is 1.23 bits per heavy atom. The van der Waals surface area contributed by atoms with Crippen molar-refractivity contribution in [1.82, 2.24) is 5.32 Å². The van der Waals surface area contributed by atoms with Crippen LogP contribution in [0.4, 0.5) is 0 Å². The number of carbonyl (C=O) groups is 2. The minimum Gasteiger partial charge on any atom is -0.449 e. The molecule has 0 saturated heterocycles. The SMILES string of the molecule is C[C@@H](OC(=O)c1csc2c1CCCC2)C(=O)NC1CCCC1. The number of carbonyl (C=O) groups excluding carboxylic acids is 2. The molecule has 0 radical (unpaired) electrons. The number of hydrogen-bond acceptors (Lipinski definition) is 4. The Hall–Kier alpha value is -1.36. The lowest BCUT2D eigenvalue weighted by atomic mass is 9.96. The standard InChI is InChI=1S/C17H23NO3S/c1-11(16(19)18-12-6-2-3-7-12)21-17(20)14-10-22-15-9-5-4-8-13(14)15/h10-12H,2-9H2,1H3,(H,18,19)/t11-/m1/s1. The Morgan fingerprint density at radius 3 is 2.73 bits per heavy atom. The fourth-order valence-corrected chi connectivity index (χ4v) is 4.45. The summed E-state index contributed by atoms with van der Waals surface area (Å²) in [7, 11) is 0. The van der Waals surface area contributed by atoms with Crippen molar-refractivity contribution in [1.29, 1.82) is 0 Å². The second-order valence-electron chi connectivity index (χ2n) is 6.30. The van der Waals surface area contributed by atoms with Crippen LogP contribution in [0.1, 0.15) is 66.2 Å². The van der Waals surface area contributed by atoms with Crippen LogP contribution in [0.3, 0.4) is 0 Å². The zero-order valence-corrected chi connectivity index (χ0v) is 13.8. The molecule has 2 aliphatic carbocycles. The van der Waals surface area contributed by atoms with Crippen LogP contribution in [0.5, 0.6) is 0 Å². The third-order valence-corrected chi connectivity index (χ3v) is 5.72. The van der Waals surface area contributed by atoms with E-state index in [1.807, 2.05) is 5.38 Å². The minimum atomic E-state index is -0.729. The highest BCUT2D eigenvalue weighted by molar-refractivity contribution is 7.10. The Morgan fingerprint density at radius 2 is 1.95 bits per heavy atom. The van der Waals surface area contributed by atoms with E-state index in [-0.39, 0.29) is 17.9 Å². The first kappa shape index (κ1) is 15.5. The number of aryl methyl sites for hydroxylation is 1. The molecule has 1 atom stereocenters. The summed E-state index contributed by atoms with van der Waals surface area (Å²) in [6.07, 6.45) is 8.00. The third-order valence-electron chi connectivity index (χ3n) is 4.64. The maximum Gasteiger partial charge on any atom is 0.340 e. The smallest absolute Gasteiger partial charge is 0.340 e. The Labute approximate surface area is 135 Å². The number of fused-ring (bicyclic) bond motifs is 1. The third kappa shape index (κ3) is 3.35. The topological polar surface area (TPSA) is 55.4 Å². The van der Waals surface area contributed by atoms with Gasteiger partial charge in [0.05, 0.1) is 5.56 Å². The molecule has 1 aromatic heterocycles. The molecule has 4 nitrogen and oxygen atoms in total. The van der Waals surface area contributed by atoms with E-state index in [1.165, 1.54) is 24.1 Å². The summed E-state index contributed by atoms with van der Waals surface area (Å²) >= 11 is 1.64. The van der Waals surface area contributed by atoms with Crippen molar-refractivity contribution in [3.05, 3.63) is 21.4 Å². The van der Waals surface area contributed by atoms with Gasteiger partial charge in [0.15, 0.2) is 6.10 Å². The number of amides is 1. The van der Waals surface area contributed by atoms with Crippen molar-refractivity contribution < 1.29 is 14.3 Å². The van der Waals surface area contributed by atoms with Gasteiger partial charge in [-0.1, -0.05) is 12.8 Å². The summed E-state index contributed by atoms with van der Waals surface area (Å²) < 4.78 is 5.39. The highest BCUT2D eigenvalue weighted by Crippen LogP contribution is 2.30. The average Bonchev–Trinajstić information content (AvgIpc) is 3.15. The van der Waals surface area contributed by atoms with Crippen molar-refractivity contribution in [2.24, 2.45) is 0 Å². The highest BCUT2D eigenvalue weighted by atomic mass is 32.1. The number of rotatable bonds is 4. The zero-order chi connectivity index (χ0) is 15.5. The van der Waals surface area contributed by atoms with Crippen LogP contribution in [0.25, 0.3) is 0 Å². The highest BCUT2D eigenvalue weighted by Gasteiger charge is 2.26. The van der Waals surface area contributed by atoms with E-state index in [9.17, 15) is 9.59 Å². The van der Waals surface area contributed by atoms with Crippen LogP contribution in [0, 0.1) is 0 Å². The monoisotopic (exact) mass is 321 g/mol. The van der Waals surface area contributed by atoms with Gasteiger partial charge >= 0.3 is 5.97 Å². The van der Waals surface area contributed by atoms with Crippen LogP contribution in [-0.2, 0) is 22.4 Å². The summed E-state index contributed by atoms with van der Waals surface area (Å²) in [5.74, 6) is -0.530. The van der Waals surface area contributed by atoms with Crippen LogP contribution >= 0.6 is 11.3 Å². The van der Waals surface area contributed by atoms with Gasteiger partial charge in [0.2, 0.25) is 0 Å². The first-order chi connectivity index (χ1) is 10.6. The Bertz CT molecular complexity index is 560. The van der Waals surface area contributed by atoms with Crippen LogP contribution in [0.2, 0.25) is 0 Å². The van der Waals surface area contributed by atoms with E-state index in [1.54, 1.807) is 18.3 Å². The molecule has 1 saturated carbocycles. The van der Waals surface area contributed by atoms with Crippen LogP contribution in [0.15, 0.2) is 5.38 Å². The molecule has 1 fully saturated rings. The number of thiophene rings is 1. The molecule has 0 bridgehead atoms. The van der Waals surface area contributed by atoms with E-state index < -0.39 is 6.10 Å². The number of esters is 1.